The van der Waals surface area contributed by atoms with Crippen molar-refractivity contribution in [3.8, 4) is 0 Å². The maximum atomic E-state index is 5.05. The van der Waals surface area contributed by atoms with Crippen LogP contribution in [0.25, 0.3) is 0 Å². The van der Waals surface area contributed by atoms with Crippen molar-refractivity contribution in [3.05, 3.63) is 41.9 Å². The zero-order valence-corrected chi connectivity index (χ0v) is 14.1. The summed E-state index contributed by atoms with van der Waals surface area (Å²) in [7, 11) is 3.73. The van der Waals surface area contributed by atoms with Crippen LogP contribution >= 0.6 is 0 Å². The molecule has 2 rings (SSSR count). The predicted molar refractivity (Wildman–Crippen MR) is 93.0 cm³/mol. The third kappa shape index (κ3) is 5.83. The molecule has 23 heavy (non-hydrogen) atoms. The molecule has 0 radical (unpaired) electrons. The first-order valence-electron chi connectivity index (χ1n) is 7.87. The van der Waals surface area contributed by atoms with Gasteiger partial charge in [-0.1, -0.05) is 0 Å². The summed E-state index contributed by atoms with van der Waals surface area (Å²) in [6.07, 6.45) is 5.53. The molecule has 0 fully saturated rings. The van der Waals surface area contributed by atoms with Crippen molar-refractivity contribution in [2.75, 3.05) is 44.1 Å². The van der Waals surface area contributed by atoms with Gasteiger partial charge >= 0.3 is 0 Å². The summed E-state index contributed by atoms with van der Waals surface area (Å²) in [5.41, 5.74) is 2.22. The molecule has 2 aromatic heterocycles. The minimum atomic E-state index is 0.744. The molecule has 0 aromatic carbocycles. The van der Waals surface area contributed by atoms with E-state index < -0.39 is 0 Å². The van der Waals surface area contributed by atoms with Crippen LogP contribution in [-0.2, 0) is 11.2 Å². The van der Waals surface area contributed by atoms with Crippen LogP contribution < -0.4 is 10.2 Å². The molecule has 0 spiro atoms. The lowest BCUT2D eigenvalue weighted by atomic mass is 10.2. The van der Waals surface area contributed by atoms with Crippen molar-refractivity contribution < 1.29 is 4.74 Å². The lowest BCUT2D eigenvalue weighted by Crippen LogP contribution is -2.23. The largest absolute Gasteiger partial charge is 0.385 e. The van der Waals surface area contributed by atoms with Crippen LogP contribution in [0.5, 0.6) is 0 Å². The van der Waals surface area contributed by atoms with E-state index in [1.165, 1.54) is 5.56 Å². The third-order valence-corrected chi connectivity index (χ3v) is 3.50. The van der Waals surface area contributed by atoms with Gasteiger partial charge in [-0.25, -0.2) is 4.98 Å². The van der Waals surface area contributed by atoms with Gasteiger partial charge in [0.1, 0.15) is 5.82 Å². The second-order valence-electron chi connectivity index (χ2n) is 5.49. The average molecular weight is 315 g/mol. The van der Waals surface area contributed by atoms with Crippen molar-refractivity contribution in [1.29, 1.82) is 0 Å². The van der Waals surface area contributed by atoms with E-state index in [0.29, 0.717) is 0 Å². The maximum Gasteiger partial charge on any atom is 0.227 e. The summed E-state index contributed by atoms with van der Waals surface area (Å²) < 4.78 is 5.05. The third-order valence-electron chi connectivity index (χ3n) is 3.50. The summed E-state index contributed by atoms with van der Waals surface area (Å²) >= 11 is 0. The fourth-order valence-electron chi connectivity index (χ4n) is 2.19. The number of aryl methyl sites for hydroxylation is 1. The summed E-state index contributed by atoms with van der Waals surface area (Å²) in [5, 5.41) is 3.32. The summed E-state index contributed by atoms with van der Waals surface area (Å²) in [6, 6.07) is 6.04. The molecule has 0 saturated heterocycles. The molecule has 0 unspecified atom stereocenters. The summed E-state index contributed by atoms with van der Waals surface area (Å²) in [6.45, 7) is 4.43. The lowest BCUT2D eigenvalue weighted by Gasteiger charge is -2.18. The van der Waals surface area contributed by atoms with Gasteiger partial charge in [-0.3, -0.25) is 4.98 Å². The lowest BCUT2D eigenvalue weighted by molar-refractivity contribution is 0.198. The smallest absolute Gasteiger partial charge is 0.227 e. The molecular formula is C17H25N5O. The summed E-state index contributed by atoms with van der Waals surface area (Å²) in [5.74, 6) is 1.60. The Bertz CT molecular complexity index is 591. The zero-order valence-electron chi connectivity index (χ0n) is 14.1. The molecule has 2 heterocycles. The first-order chi connectivity index (χ1) is 11.2. The highest BCUT2D eigenvalue weighted by Gasteiger charge is 2.07. The van der Waals surface area contributed by atoms with Crippen molar-refractivity contribution in [2.45, 2.75) is 19.8 Å². The van der Waals surface area contributed by atoms with E-state index >= 15 is 0 Å². The van der Waals surface area contributed by atoms with Gasteiger partial charge in [-0.15, -0.1) is 0 Å². The fraction of sp³-hybridized carbons (Fsp3) is 0.471. The second-order valence-corrected chi connectivity index (χ2v) is 5.49. The number of hydrogen-bond acceptors (Lipinski definition) is 6. The molecule has 6 nitrogen and oxygen atoms in total. The van der Waals surface area contributed by atoms with E-state index in [-0.39, 0.29) is 0 Å². The Morgan fingerprint density at radius 2 is 2.00 bits per heavy atom. The topological polar surface area (TPSA) is 63.2 Å². The molecule has 1 N–H and O–H groups in total. The van der Waals surface area contributed by atoms with Crippen molar-refractivity contribution in [2.24, 2.45) is 0 Å². The van der Waals surface area contributed by atoms with Gasteiger partial charge in [0.15, 0.2) is 0 Å². The Labute approximate surface area is 137 Å². The van der Waals surface area contributed by atoms with Crippen LogP contribution in [0, 0.1) is 6.92 Å². The maximum absolute atomic E-state index is 5.05. The van der Waals surface area contributed by atoms with Gasteiger partial charge in [0.05, 0.1) is 0 Å². The minimum Gasteiger partial charge on any atom is -0.385 e. The van der Waals surface area contributed by atoms with E-state index in [0.717, 1.165) is 50.0 Å². The number of hydrogen-bond donors (Lipinski definition) is 1. The highest BCUT2D eigenvalue weighted by molar-refractivity contribution is 5.43. The SMILES string of the molecule is COCCCNc1cc(C)nc(N(C)CCc2ccncc2)n1. The molecule has 124 valence electrons. The van der Waals surface area contributed by atoms with Gasteiger partial charge in [-0.05, 0) is 37.5 Å². The molecule has 0 aliphatic heterocycles. The Hall–Kier alpha value is -2.21. The zero-order chi connectivity index (χ0) is 16.5. The van der Waals surface area contributed by atoms with Crippen LogP contribution in [0.15, 0.2) is 30.6 Å². The monoisotopic (exact) mass is 315 g/mol. The number of nitrogens with zero attached hydrogens (tertiary/aromatic N) is 4. The number of ether oxygens (including phenoxy) is 1. The number of rotatable bonds is 9. The second kappa shape index (κ2) is 9.05. The van der Waals surface area contributed by atoms with Gasteiger partial charge in [0.25, 0.3) is 0 Å². The van der Waals surface area contributed by atoms with Gasteiger partial charge < -0.3 is 15.0 Å². The van der Waals surface area contributed by atoms with Gasteiger partial charge in [-0.2, -0.15) is 4.98 Å². The van der Waals surface area contributed by atoms with E-state index in [2.05, 4.69) is 25.2 Å². The number of methoxy groups -OCH3 is 1. The van der Waals surface area contributed by atoms with Crippen LogP contribution in [0.1, 0.15) is 17.7 Å². The number of nitrogens with one attached hydrogen (secondary N) is 1. The highest BCUT2D eigenvalue weighted by Crippen LogP contribution is 2.13. The molecule has 6 heteroatoms. The first kappa shape index (κ1) is 17.1. The van der Waals surface area contributed by atoms with Crippen LogP contribution in [0.2, 0.25) is 0 Å². The van der Waals surface area contributed by atoms with E-state index in [1.54, 1.807) is 7.11 Å². The van der Waals surface area contributed by atoms with E-state index in [1.807, 2.05) is 44.6 Å². The fourth-order valence-corrected chi connectivity index (χ4v) is 2.19. The van der Waals surface area contributed by atoms with Gasteiger partial charge in [0.2, 0.25) is 5.95 Å². The Morgan fingerprint density at radius 1 is 1.22 bits per heavy atom. The number of likely N-dealkylation sites (N-methyl/N-ethyl adjacent to an activating group) is 1. The molecule has 0 bridgehead atoms. The Balaban J connectivity index is 1.93. The molecule has 0 atom stereocenters. The molecule has 0 aliphatic carbocycles. The number of pyridine rings is 1. The van der Waals surface area contributed by atoms with Crippen molar-refractivity contribution in [3.63, 3.8) is 0 Å². The number of aromatic nitrogens is 3. The molecule has 0 amide bonds. The molecule has 2 aromatic rings. The van der Waals surface area contributed by atoms with Crippen LogP contribution in [0.4, 0.5) is 11.8 Å². The van der Waals surface area contributed by atoms with Crippen LogP contribution in [0.3, 0.4) is 0 Å². The number of anilines is 2. The molecule has 0 aliphatic rings. The summed E-state index contributed by atoms with van der Waals surface area (Å²) in [4.78, 5) is 15.2. The van der Waals surface area contributed by atoms with Gasteiger partial charge in [0, 0.05) is 58.0 Å². The molecule has 0 saturated carbocycles. The van der Waals surface area contributed by atoms with E-state index in [4.69, 9.17) is 4.74 Å². The van der Waals surface area contributed by atoms with Crippen molar-refractivity contribution in [1.82, 2.24) is 15.0 Å². The quantitative estimate of drug-likeness (QED) is 0.717. The van der Waals surface area contributed by atoms with E-state index in [9.17, 15) is 0 Å². The van der Waals surface area contributed by atoms with Crippen molar-refractivity contribution >= 4 is 11.8 Å². The highest BCUT2D eigenvalue weighted by atomic mass is 16.5. The first-order valence-corrected chi connectivity index (χ1v) is 7.87. The Morgan fingerprint density at radius 3 is 2.74 bits per heavy atom. The average Bonchev–Trinajstić information content (AvgIpc) is 2.57. The minimum absolute atomic E-state index is 0.744. The molecular weight excluding hydrogens is 290 g/mol. The predicted octanol–water partition coefficient (Wildman–Crippen LogP) is 2.31. The Kier molecular flexibility index (Phi) is 6.75. The standard InChI is InChI=1S/C17H25N5O/c1-14-13-16(19-8-4-12-23-3)21-17(20-14)22(2)11-7-15-5-9-18-10-6-15/h5-6,9-10,13H,4,7-8,11-12H2,1-3H3,(H,19,20,21). The van der Waals surface area contributed by atoms with Crippen LogP contribution in [-0.4, -0.2) is 48.8 Å². The normalized spacial score (nSPS) is 10.6.